The number of rotatable bonds is 27. The summed E-state index contributed by atoms with van der Waals surface area (Å²) in [7, 11) is -0.205. The van der Waals surface area contributed by atoms with Gasteiger partial charge < -0.3 is 19.8 Å². The molecule has 0 aliphatic rings. The van der Waals surface area contributed by atoms with Gasteiger partial charge in [-0.15, -0.1) is 0 Å². The zero-order chi connectivity index (χ0) is 30.9. The number of amides is 1. The van der Waals surface area contributed by atoms with Gasteiger partial charge in [-0.1, -0.05) is 97.3 Å². The van der Waals surface area contributed by atoms with E-state index in [0.717, 1.165) is 24.9 Å². The minimum Gasteiger partial charge on any atom is -0.449 e. The van der Waals surface area contributed by atoms with Crippen molar-refractivity contribution in [3.8, 4) is 0 Å². The molecule has 0 radical (unpaired) electrons. The summed E-state index contributed by atoms with van der Waals surface area (Å²) in [6, 6.07) is 4.02. The molecule has 10 heteroatoms. The van der Waals surface area contributed by atoms with Gasteiger partial charge in [-0.25, -0.2) is 13.9 Å². The summed E-state index contributed by atoms with van der Waals surface area (Å²) in [5.74, 6) is -0.174. The van der Waals surface area contributed by atoms with Crippen molar-refractivity contribution in [1.29, 1.82) is 0 Å². The van der Waals surface area contributed by atoms with Gasteiger partial charge in [0.1, 0.15) is 0 Å². The van der Waals surface area contributed by atoms with E-state index in [2.05, 4.69) is 12.2 Å². The molecular formula is C32H61N3O6P+. The largest absolute Gasteiger partial charge is 0.472 e. The Morgan fingerprint density at radius 1 is 0.857 bits per heavy atom. The maximum Gasteiger partial charge on any atom is 0.472 e. The van der Waals surface area contributed by atoms with Gasteiger partial charge in [0.2, 0.25) is 0 Å². The average Bonchev–Trinajstić information content (AvgIpc) is 2.97. The number of anilines is 1. The Morgan fingerprint density at radius 3 is 1.98 bits per heavy atom. The van der Waals surface area contributed by atoms with Crippen LogP contribution in [-0.4, -0.2) is 51.4 Å². The fourth-order valence-corrected chi connectivity index (χ4v) is 5.59. The van der Waals surface area contributed by atoms with E-state index in [1.165, 1.54) is 70.6 Å². The van der Waals surface area contributed by atoms with E-state index in [4.69, 9.17) is 13.8 Å². The number of phosphoric acid groups is 1. The lowest BCUT2D eigenvalue weighted by Crippen LogP contribution is -2.33. The highest BCUT2D eigenvalue weighted by atomic mass is 31.2. The second-order valence-corrected chi connectivity index (χ2v) is 13.0. The Morgan fingerprint density at radius 2 is 1.43 bits per heavy atom. The number of nitrogens with one attached hydrogen (secondary N) is 1. The van der Waals surface area contributed by atoms with Gasteiger partial charge in [0, 0.05) is 50.8 Å². The zero-order valence-electron chi connectivity index (χ0n) is 27.1. The molecule has 1 aromatic rings. The molecule has 0 fully saturated rings. The third-order valence-corrected chi connectivity index (χ3v) is 8.36. The lowest BCUT2D eigenvalue weighted by Gasteiger charge is -2.18. The van der Waals surface area contributed by atoms with E-state index in [9.17, 15) is 14.3 Å². The van der Waals surface area contributed by atoms with Crippen LogP contribution in [0.5, 0.6) is 0 Å². The van der Waals surface area contributed by atoms with Crippen LogP contribution < -0.4 is 14.8 Å². The quantitative estimate of drug-likeness (QED) is 0.0592. The molecular weight excluding hydrogens is 553 g/mol. The highest BCUT2D eigenvalue weighted by Crippen LogP contribution is 2.43. The number of hydrogen-bond donors (Lipinski definition) is 2. The number of aromatic nitrogens is 1. The van der Waals surface area contributed by atoms with Gasteiger partial charge in [0.25, 0.3) is 0 Å². The first kappa shape index (κ1) is 38.4. The summed E-state index contributed by atoms with van der Waals surface area (Å²) in [6.07, 6.45) is 22.4. The number of aryl methyl sites for hydroxylation is 1. The van der Waals surface area contributed by atoms with Crippen LogP contribution in [-0.2, 0) is 24.9 Å². The van der Waals surface area contributed by atoms with Crippen LogP contribution in [0, 0.1) is 5.92 Å². The minimum atomic E-state index is -4.18. The molecule has 1 rings (SSSR count). The van der Waals surface area contributed by atoms with Gasteiger partial charge in [0.15, 0.2) is 18.9 Å². The molecule has 2 atom stereocenters. The number of carbonyl (C=O) groups excluding carboxylic acids is 1. The van der Waals surface area contributed by atoms with Crippen LogP contribution in [0.1, 0.15) is 117 Å². The van der Waals surface area contributed by atoms with Crippen molar-refractivity contribution in [2.45, 2.75) is 123 Å². The van der Waals surface area contributed by atoms with Crippen molar-refractivity contribution >= 4 is 19.6 Å². The molecule has 0 aliphatic carbocycles. The molecule has 0 spiro atoms. The second-order valence-electron chi connectivity index (χ2n) is 11.6. The molecule has 1 amide bonds. The summed E-state index contributed by atoms with van der Waals surface area (Å²) in [5, 5.41) is 2.81. The van der Waals surface area contributed by atoms with Crippen molar-refractivity contribution < 1.29 is 32.6 Å². The molecule has 0 aromatic carbocycles. The first-order valence-electron chi connectivity index (χ1n) is 16.5. The zero-order valence-corrected chi connectivity index (χ0v) is 28.0. The Kier molecular flexibility index (Phi) is 22.6. The highest BCUT2D eigenvalue weighted by molar-refractivity contribution is 7.47. The fourth-order valence-electron chi connectivity index (χ4n) is 4.76. The molecule has 2 unspecified atom stereocenters. The van der Waals surface area contributed by atoms with E-state index in [-0.39, 0.29) is 25.7 Å². The van der Waals surface area contributed by atoms with Crippen molar-refractivity contribution in [3.63, 3.8) is 0 Å². The summed E-state index contributed by atoms with van der Waals surface area (Å²) in [5.41, 5.74) is 1.11. The highest BCUT2D eigenvalue weighted by Gasteiger charge is 2.24. The number of unbranched alkanes of at least 4 members (excludes halogenated alkanes) is 12. The third kappa shape index (κ3) is 21.1. The summed E-state index contributed by atoms with van der Waals surface area (Å²) >= 11 is 0. The monoisotopic (exact) mass is 614 g/mol. The van der Waals surface area contributed by atoms with Crippen LogP contribution in [0.25, 0.3) is 0 Å². The molecule has 1 aromatic heterocycles. The maximum absolute atomic E-state index is 12.3. The first-order valence-corrected chi connectivity index (χ1v) is 18.0. The van der Waals surface area contributed by atoms with Gasteiger partial charge in [-0.3, -0.25) is 9.05 Å². The first-order chi connectivity index (χ1) is 20.3. The van der Waals surface area contributed by atoms with E-state index in [1.807, 2.05) is 55.0 Å². The lowest BCUT2D eigenvalue weighted by molar-refractivity contribution is -0.697. The molecule has 42 heavy (non-hydrogen) atoms. The van der Waals surface area contributed by atoms with Crippen LogP contribution in [0.3, 0.4) is 0 Å². The molecule has 0 aliphatic heterocycles. The molecule has 0 saturated heterocycles. The molecule has 9 nitrogen and oxygen atoms in total. The molecule has 0 bridgehead atoms. The van der Waals surface area contributed by atoms with Crippen LogP contribution in [0.15, 0.2) is 24.5 Å². The Balaban J connectivity index is 2.09. The number of alkyl carbamates (subject to hydrolysis) is 1. The van der Waals surface area contributed by atoms with Crippen molar-refractivity contribution in [3.05, 3.63) is 24.5 Å². The third-order valence-electron chi connectivity index (χ3n) is 7.38. The van der Waals surface area contributed by atoms with E-state index in [1.54, 1.807) is 0 Å². The van der Waals surface area contributed by atoms with Crippen LogP contribution in [0.4, 0.5) is 10.5 Å². The molecule has 244 valence electrons. The maximum atomic E-state index is 12.3. The summed E-state index contributed by atoms with van der Waals surface area (Å²) < 4.78 is 30.1. The number of hydrogen-bond acceptors (Lipinski definition) is 6. The van der Waals surface area contributed by atoms with Crippen LogP contribution in [0.2, 0.25) is 0 Å². The van der Waals surface area contributed by atoms with Gasteiger partial charge in [-0.05, 0) is 12.8 Å². The van der Waals surface area contributed by atoms with Crippen molar-refractivity contribution in [2.75, 3.05) is 45.4 Å². The summed E-state index contributed by atoms with van der Waals surface area (Å²) in [4.78, 5) is 24.2. The SMILES string of the molecule is CCCCCCCCCCCCCCCNC(=O)OCC(CCC)COP(=O)(O)OCCC[n+]1ccc(N(C)C)cc1. The number of pyridine rings is 1. The summed E-state index contributed by atoms with van der Waals surface area (Å²) in [6.45, 7) is 5.77. The molecule has 1 heterocycles. The number of nitrogens with zero attached hydrogens (tertiary/aromatic N) is 2. The number of ether oxygens (including phenoxy) is 1. The number of carbonyl (C=O) groups is 1. The Hall–Kier alpha value is -1.67. The normalized spacial score (nSPS) is 13.5. The van der Waals surface area contributed by atoms with E-state index < -0.39 is 13.9 Å². The second kappa shape index (κ2) is 24.7. The minimum absolute atomic E-state index is 0.00545. The van der Waals surface area contributed by atoms with Gasteiger partial charge >= 0.3 is 13.9 Å². The number of phosphoric ester groups is 1. The average molecular weight is 615 g/mol. The van der Waals surface area contributed by atoms with E-state index >= 15 is 0 Å². The topological polar surface area (TPSA) is 101 Å². The Bertz CT molecular complexity index is 840. The van der Waals surface area contributed by atoms with Crippen molar-refractivity contribution in [1.82, 2.24) is 5.32 Å². The standard InChI is InChI=1S/C32H60N3O6P/c1-5-7-8-9-10-11-12-13-14-15-16-17-18-23-33-32(36)39-28-30(20-6-2)29-41-42(37,38)40-27-19-24-35-25-21-31(22-26-35)34(3)4/h21-22,25-26,30H,5-20,23-24,27-29H2,1-4H3,(H-,33,36,37,38)/p+1. The van der Waals surface area contributed by atoms with Gasteiger partial charge in [0.05, 0.1) is 19.8 Å². The lowest BCUT2D eigenvalue weighted by atomic mass is 10.0. The fraction of sp³-hybridized carbons (Fsp3) is 0.812. The van der Waals surface area contributed by atoms with E-state index in [0.29, 0.717) is 25.9 Å². The molecule has 0 saturated carbocycles. The van der Waals surface area contributed by atoms with Crippen molar-refractivity contribution in [2.24, 2.45) is 5.92 Å². The Labute approximate surface area is 256 Å². The van der Waals surface area contributed by atoms with Crippen LogP contribution >= 0.6 is 7.82 Å². The predicted octanol–water partition coefficient (Wildman–Crippen LogP) is 7.80. The molecule has 2 N–H and O–H groups in total. The van der Waals surface area contributed by atoms with Gasteiger partial charge in [-0.2, -0.15) is 0 Å². The smallest absolute Gasteiger partial charge is 0.449 e. The predicted molar refractivity (Wildman–Crippen MR) is 171 cm³/mol.